The van der Waals surface area contributed by atoms with Gasteiger partial charge in [-0.1, -0.05) is 152 Å². The summed E-state index contributed by atoms with van der Waals surface area (Å²) in [7, 11) is -0.889. The molecule has 4 aromatic rings. The molecule has 0 aliphatic heterocycles. The summed E-state index contributed by atoms with van der Waals surface area (Å²) in [6.07, 6.45) is 2.39. The van der Waals surface area contributed by atoms with Crippen molar-refractivity contribution in [1.29, 1.82) is 0 Å². The fourth-order valence-corrected chi connectivity index (χ4v) is 10.4. The molecule has 0 aromatic heterocycles. The van der Waals surface area contributed by atoms with Crippen LogP contribution in [0.5, 0.6) is 0 Å². The molecule has 0 atom stereocenters. The molecule has 0 saturated heterocycles. The zero-order valence-corrected chi connectivity index (χ0v) is 27.6. The molecule has 0 aliphatic rings. The average molecular weight is 567 g/mol. The summed E-state index contributed by atoms with van der Waals surface area (Å²) in [5.41, 5.74) is 5.69. The van der Waals surface area contributed by atoms with Gasteiger partial charge in [0.25, 0.3) is 0 Å². The highest BCUT2D eigenvalue weighted by Gasteiger charge is 2.20. The monoisotopic (exact) mass is 566 g/mol. The highest BCUT2D eigenvalue weighted by molar-refractivity contribution is 7.76. The van der Waals surface area contributed by atoms with E-state index in [4.69, 9.17) is 0 Å². The van der Waals surface area contributed by atoms with Crippen LogP contribution in [0.1, 0.15) is 101 Å². The SMILES string of the molecule is CC(C)c1ccc(P(CCP(c2ccc(C(C)C)cc2)c2ccc(C(C)C)cc2)c2ccc(C(C)C)cc2)cc1. The van der Waals surface area contributed by atoms with E-state index in [1.165, 1.54) is 55.8 Å². The molecule has 0 fully saturated rings. The van der Waals surface area contributed by atoms with Crippen LogP contribution >= 0.6 is 15.8 Å². The van der Waals surface area contributed by atoms with E-state index in [2.05, 4.69) is 152 Å². The minimum atomic E-state index is -0.444. The Morgan fingerprint density at radius 3 is 0.650 bits per heavy atom. The number of benzene rings is 4. The normalized spacial score (nSPS) is 12.1. The first-order chi connectivity index (χ1) is 19.1. The smallest absolute Gasteiger partial charge is 0.0195 e. The van der Waals surface area contributed by atoms with E-state index in [1.807, 2.05) is 0 Å². The maximum Gasteiger partial charge on any atom is -0.0195 e. The van der Waals surface area contributed by atoms with Gasteiger partial charge >= 0.3 is 0 Å². The minimum absolute atomic E-state index is 0.444. The van der Waals surface area contributed by atoms with Crippen LogP contribution in [0.4, 0.5) is 0 Å². The highest BCUT2D eigenvalue weighted by atomic mass is 31.1. The second kappa shape index (κ2) is 14.1. The summed E-state index contributed by atoms with van der Waals surface area (Å²) >= 11 is 0. The third-order valence-corrected chi connectivity index (χ3v) is 13.4. The lowest BCUT2D eigenvalue weighted by Crippen LogP contribution is -2.20. The lowest BCUT2D eigenvalue weighted by molar-refractivity contribution is 0.867. The maximum atomic E-state index is 2.41. The molecule has 2 heteroatoms. The fraction of sp³-hybridized carbons (Fsp3) is 0.368. The standard InChI is InChI=1S/C38H48P2/c1-27(2)31-9-17-35(18-10-31)39(36-19-11-32(12-20-36)28(3)4)25-26-40(37-21-13-33(14-22-37)29(5)6)38-23-15-34(16-24-38)30(7)8/h9-24,27-30H,25-26H2,1-8H3. The maximum absolute atomic E-state index is 2.41. The van der Waals surface area contributed by atoms with Crippen LogP contribution < -0.4 is 21.2 Å². The van der Waals surface area contributed by atoms with Gasteiger partial charge in [0.15, 0.2) is 0 Å². The fourth-order valence-electron chi connectivity index (χ4n) is 5.17. The molecular formula is C38H48P2. The van der Waals surface area contributed by atoms with Gasteiger partial charge in [-0.25, -0.2) is 0 Å². The summed E-state index contributed by atoms with van der Waals surface area (Å²) in [6.45, 7) is 18.3. The molecule has 4 rings (SSSR count). The Bertz CT molecular complexity index is 1100. The predicted molar refractivity (Wildman–Crippen MR) is 184 cm³/mol. The van der Waals surface area contributed by atoms with Gasteiger partial charge in [-0.15, -0.1) is 0 Å². The van der Waals surface area contributed by atoms with E-state index >= 15 is 0 Å². The van der Waals surface area contributed by atoms with E-state index in [0.717, 1.165) is 0 Å². The van der Waals surface area contributed by atoms with Gasteiger partial charge in [-0.05, 0) is 95.3 Å². The lowest BCUT2D eigenvalue weighted by Gasteiger charge is -2.25. The molecule has 0 bridgehead atoms. The molecule has 0 spiro atoms. The summed E-state index contributed by atoms with van der Waals surface area (Å²) in [4.78, 5) is 0. The minimum Gasteiger partial charge on any atom is -0.0587 e. The Kier molecular flexibility index (Phi) is 10.8. The Morgan fingerprint density at radius 2 is 0.500 bits per heavy atom. The van der Waals surface area contributed by atoms with Crippen LogP contribution in [-0.4, -0.2) is 12.3 Å². The third kappa shape index (κ3) is 7.72. The first-order valence-electron chi connectivity index (χ1n) is 15.1. The topological polar surface area (TPSA) is 0 Å². The van der Waals surface area contributed by atoms with Crippen LogP contribution in [-0.2, 0) is 0 Å². The van der Waals surface area contributed by atoms with E-state index in [1.54, 1.807) is 0 Å². The van der Waals surface area contributed by atoms with Crippen molar-refractivity contribution in [2.24, 2.45) is 0 Å². The molecule has 0 N–H and O–H groups in total. The van der Waals surface area contributed by atoms with Crippen molar-refractivity contribution in [3.05, 3.63) is 119 Å². The van der Waals surface area contributed by atoms with Gasteiger partial charge in [0, 0.05) is 0 Å². The van der Waals surface area contributed by atoms with Crippen molar-refractivity contribution < 1.29 is 0 Å². The van der Waals surface area contributed by atoms with Crippen LogP contribution in [0.3, 0.4) is 0 Å². The van der Waals surface area contributed by atoms with E-state index in [9.17, 15) is 0 Å². The molecule has 4 aromatic carbocycles. The Labute approximate surface area is 247 Å². The van der Waals surface area contributed by atoms with Crippen molar-refractivity contribution in [3.8, 4) is 0 Å². The first-order valence-corrected chi connectivity index (χ1v) is 18.1. The Balaban J connectivity index is 1.69. The Hall–Kier alpha value is -2.26. The average Bonchev–Trinajstić information content (AvgIpc) is 2.96. The molecular weight excluding hydrogens is 518 g/mol. The highest BCUT2D eigenvalue weighted by Crippen LogP contribution is 2.42. The number of hydrogen-bond donors (Lipinski definition) is 0. The number of rotatable bonds is 11. The van der Waals surface area contributed by atoms with Crippen molar-refractivity contribution in [2.45, 2.75) is 79.1 Å². The summed E-state index contributed by atoms with van der Waals surface area (Å²) in [6, 6.07) is 38.1. The van der Waals surface area contributed by atoms with Crippen LogP contribution in [0, 0.1) is 0 Å². The van der Waals surface area contributed by atoms with Gasteiger partial charge in [-0.3, -0.25) is 0 Å². The summed E-state index contributed by atoms with van der Waals surface area (Å²) in [5, 5.41) is 5.99. The third-order valence-electron chi connectivity index (χ3n) is 8.03. The molecule has 0 radical (unpaired) electrons. The van der Waals surface area contributed by atoms with Gasteiger partial charge in [0.2, 0.25) is 0 Å². The van der Waals surface area contributed by atoms with Crippen LogP contribution in [0.2, 0.25) is 0 Å². The second-order valence-electron chi connectivity index (χ2n) is 12.3. The van der Waals surface area contributed by atoms with Crippen molar-refractivity contribution in [2.75, 3.05) is 12.3 Å². The zero-order valence-electron chi connectivity index (χ0n) is 25.9. The van der Waals surface area contributed by atoms with Gasteiger partial charge in [0.1, 0.15) is 0 Å². The van der Waals surface area contributed by atoms with Gasteiger partial charge < -0.3 is 0 Å². The lowest BCUT2D eigenvalue weighted by atomic mass is 10.0. The second-order valence-corrected chi connectivity index (χ2v) is 17.0. The van der Waals surface area contributed by atoms with Crippen molar-refractivity contribution >= 4 is 37.1 Å². The molecule has 0 heterocycles. The van der Waals surface area contributed by atoms with Crippen LogP contribution in [0.15, 0.2) is 97.1 Å². The molecule has 40 heavy (non-hydrogen) atoms. The first kappa shape index (κ1) is 30.7. The van der Waals surface area contributed by atoms with E-state index < -0.39 is 15.8 Å². The largest absolute Gasteiger partial charge is 0.0587 e. The molecule has 0 unspecified atom stereocenters. The molecule has 0 saturated carbocycles. The quantitative estimate of drug-likeness (QED) is 0.159. The summed E-state index contributed by atoms with van der Waals surface area (Å²) < 4.78 is 0. The zero-order chi connectivity index (χ0) is 28.8. The predicted octanol–water partition coefficient (Wildman–Crippen LogP) is 9.75. The number of hydrogen-bond acceptors (Lipinski definition) is 0. The molecule has 210 valence electrons. The van der Waals surface area contributed by atoms with E-state index in [-0.39, 0.29) is 0 Å². The van der Waals surface area contributed by atoms with Crippen LogP contribution in [0.25, 0.3) is 0 Å². The van der Waals surface area contributed by atoms with Crippen molar-refractivity contribution in [1.82, 2.24) is 0 Å². The summed E-state index contributed by atoms with van der Waals surface area (Å²) in [5.74, 6) is 2.23. The molecule has 0 amide bonds. The van der Waals surface area contributed by atoms with Gasteiger partial charge in [-0.2, -0.15) is 0 Å². The van der Waals surface area contributed by atoms with E-state index in [0.29, 0.717) is 23.7 Å². The van der Waals surface area contributed by atoms with Crippen molar-refractivity contribution in [3.63, 3.8) is 0 Å². The Morgan fingerprint density at radius 1 is 0.325 bits per heavy atom. The molecule has 0 aliphatic carbocycles. The molecule has 0 nitrogen and oxygen atoms in total. The van der Waals surface area contributed by atoms with Gasteiger partial charge in [0.05, 0.1) is 0 Å².